The van der Waals surface area contributed by atoms with Gasteiger partial charge in [-0.2, -0.15) is 8.78 Å². The fourth-order valence-electron chi connectivity index (χ4n) is 2.96. The van der Waals surface area contributed by atoms with Crippen LogP contribution in [0.5, 0.6) is 5.75 Å². The summed E-state index contributed by atoms with van der Waals surface area (Å²) in [6, 6.07) is 7.43. The molecule has 0 aliphatic heterocycles. The molecule has 0 spiro atoms. The predicted molar refractivity (Wildman–Crippen MR) is 115 cm³/mol. The molecule has 4 rings (SSSR count). The number of carbonyl (C=O) groups is 2. The standard InChI is InChI=1S/C22H12ClF4NO5S/c1-31-22(30)20-16(23)11-4-2-9(6-15(11)34-20)28-21(29)14-5-3-10(33-14)8-32-19-17(26)12(24)7-13(25)18(19)27/h2-7H,8H2,1H3,(H,28,29). The first-order chi connectivity index (χ1) is 16.2. The Balaban J connectivity index is 1.47. The molecule has 34 heavy (non-hydrogen) atoms. The third kappa shape index (κ3) is 4.44. The molecule has 0 atom stereocenters. The number of halogens is 5. The highest BCUT2D eigenvalue weighted by Gasteiger charge is 2.22. The number of fused-ring (bicyclic) bond motifs is 1. The lowest BCUT2D eigenvalue weighted by Crippen LogP contribution is -2.10. The van der Waals surface area contributed by atoms with Crippen molar-refractivity contribution in [1.29, 1.82) is 0 Å². The van der Waals surface area contributed by atoms with Gasteiger partial charge in [-0.05, 0) is 30.3 Å². The van der Waals surface area contributed by atoms with Crippen LogP contribution in [-0.2, 0) is 11.3 Å². The summed E-state index contributed by atoms with van der Waals surface area (Å²) in [6.45, 7) is -0.597. The summed E-state index contributed by atoms with van der Waals surface area (Å²) < 4.78 is 69.3. The van der Waals surface area contributed by atoms with Crippen molar-refractivity contribution < 1.29 is 41.0 Å². The van der Waals surface area contributed by atoms with E-state index in [0.29, 0.717) is 15.8 Å². The maximum Gasteiger partial charge on any atom is 0.349 e. The van der Waals surface area contributed by atoms with Gasteiger partial charge < -0.3 is 19.2 Å². The van der Waals surface area contributed by atoms with E-state index in [9.17, 15) is 27.2 Å². The number of amides is 1. The molecular weight excluding hydrogens is 502 g/mol. The Kier molecular flexibility index (Phi) is 6.49. The molecule has 0 aliphatic carbocycles. The molecule has 6 nitrogen and oxygen atoms in total. The van der Waals surface area contributed by atoms with Crippen LogP contribution in [0.25, 0.3) is 10.1 Å². The van der Waals surface area contributed by atoms with Gasteiger partial charge in [0, 0.05) is 21.8 Å². The number of hydrogen-bond acceptors (Lipinski definition) is 6. The number of esters is 1. The number of benzene rings is 2. The number of hydrogen-bond donors (Lipinski definition) is 1. The minimum Gasteiger partial charge on any atom is -0.479 e. The number of anilines is 1. The lowest BCUT2D eigenvalue weighted by molar-refractivity contribution is 0.0606. The molecule has 0 saturated heterocycles. The van der Waals surface area contributed by atoms with Crippen molar-refractivity contribution in [3.8, 4) is 5.75 Å². The van der Waals surface area contributed by atoms with Crippen LogP contribution in [0.3, 0.4) is 0 Å². The lowest BCUT2D eigenvalue weighted by Gasteiger charge is -2.08. The molecule has 0 aliphatic rings. The summed E-state index contributed by atoms with van der Waals surface area (Å²) in [5, 5.41) is 3.45. The van der Waals surface area contributed by atoms with E-state index in [2.05, 4.69) is 5.32 Å². The Morgan fingerprint density at radius 2 is 1.76 bits per heavy atom. The van der Waals surface area contributed by atoms with Crippen LogP contribution in [0.2, 0.25) is 5.02 Å². The van der Waals surface area contributed by atoms with Crippen molar-refractivity contribution in [2.75, 3.05) is 12.4 Å². The molecule has 176 valence electrons. The number of nitrogens with one attached hydrogen (secondary N) is 1. The molecular formula is C22H12ClF4NO5S. The quantitative estimate of drug-likeness (QED) is 0.185. The first kappa shape index (κ1) is 23.6. The summed E-state index contributed by atoms with van der Waals surface area (Å²) in [5.41, 5.74) is 0.375. The molecule has 2 aromatic heterocycles. The van der Waals surface area contributed by atoms with Gasteiger partial charge >= 0.3 is 5.97 Å². The minimum absolute atomic E-state index is 0.0307. The molecule has 0 bridgehead atoms. The van der Waals surface area contributed by atoms with Crippen molar-refractivity contribution in [1.82, 2.24) is 0 Å². The lowest BCUT2D eigenvalue weighted by atomic mass is 10.2. The second-order valence-electron chi connectivity index (χ2n) is 6.75. The highest BCUT2D eigenvalue weighted by molar-refractivity contribution is 7.21. The summed E-state index contributed by atoms with van der Waals surface area (Å²) in [4.78, 5) is 24.5. The van der Waals surface area contributed by atoms with E-state index in [1.54, 1.807) is 18.2 Å². The second-order valence-corrected chi connectivity index (χ2v) is 8.18. The topological polar surface area (TPSA) is 77.8 Å². The second kappa shape index (κ2) is 9.35. The van der Waals surface area contributed by atoms with E-state index in [1.165, 1.54) is 19.2 Å². The van der Waals surface area contributed by atoms with Gasteiger partial charge in [-0.25, -0.2) is 13.6 Å². The molecule has 0 radical (unpaired) electrons. The summed E-state index contributed by atoms with van der Waals surface area (Å²) in [7, 11) is 1.24. The molecule has 1 N–H and O–H groups in total. The molecule has 1 amide bonds. The van der Waals surface area contributed by atoms with Crippen LogP contribution in [0.1, 0.15) is 26.0 Å². The fraction of sp³-hybridized carbons (Fsp3) is 0.0909. The van der Waals surface area contributed by atoms with Crippen LogP contribution in [-0.4, -0.2) is 19.0 Å². The van der Waals surface area contributed by atoms with Gasteiger partial charge in [0.2, 0.25) is 11.6 Å². The van der Waals surface area contributed by atoms with Gasteiger partial charge in [-0.1, -0.05) is 11.6 Å². The number of methoxy groups -OCH3 is 1. The average Bonchev–Trinajstić information content (AvgIpc) is 3.42. The van der Waals surface area contributed by atoms with Gasteiger partial charge in [-0.15, -0.1) is 11.3 Å². The molecule has 0 fully saturated rings. The predicted octanol–water partition coefficient (Wildman–Crippen LogP) is 6.32. The van der Waals surface area contributed by atoms with Crippen molar-refractivity contribution in [2.45, 2.75) is 6.61 Å². The normalized spacial score (nSPS) is 11.0. The maximum atomic E-state index is 13.7. The van der Waals surface area contributed by atoms with Crippen molar-refractivity contribution in [3.05, 3.63) is 81.1 Å². The zero-order chi connectivity index (χ0) is 24.6. The summed E-state index contributed by atoms with van der Waals surface area (Å²) in [6.07, 6.45) is 0. The Bertz CT molecular complexity index is 1410. The van der Waals surface area contributed by atoms with E-state index in [0.717, 1.165) is 11.3 Å². The third-order valence-electron chi connectivity index (χ3n) is 4.57. The van der Waals surface area contributed by atoms with Crippen molar-refractivity contribution in [3.63, 3.8) is 0 Å². The van der Waals surface area contributed by atoms with Crippen LogP contribution in [0, 0.1) is 23.3 Å². The molecule has 2 aromatic carbocycles. The zero-order valence-electron chi connectivity index (χ0n) is 17.0. The number of thiophene rings is 1. The highest BCUT2D eigenvalue weighted by Crippen LogP contribution is 2.37. The summed E-state index contributed by atoms with van der Waals surface area (Å²) >= 11 is 7.30. The smallest absolute Gasteiger partial charge is 0.349 e. The van der Waals surface area contributed by atoms with Crippen LogP contribution in [0.15, 0.2) is 40.8 Å². The van der Waals surface area contributed by atoms with Gasteiger partial charge in [0.05, 0.1) is 12.1 Å². The SMILES string of the molecule is COC(=O)c1sc2cc(NC(=O)c3ccc(COc4c(F)c(F)cc(F)c4F)o3)ccc2c1Cl. The van der Waals surface area contributed by atoms with Gasteiger partial charge in [0.15, 0.2) is 23.1 Å². The Morgan fingerprint density at radius 3 is 2.44 bits per heavy atom. The Hall–Kier alpha value is -3.57. The average molecular weight is 514 g/mol. The number of ether oxygens (including phenoxy) is 2. The molecule has 0 unspecified atom stereocenters. The van der Waals surface area contributed by atoms with Crippen LogP contribution >= 0.6 is 22.9 Å². The third-order valence-corrected chi connectivity index (χ3v) is 6.21. The van der Waals surface area contributed by atoms with E-state index in [-0.39, 0.29) is 27.5 Å². The zero-order valence-corrected chi connectivity index (χ0v) is 18.6. The van der Waals surface area contributed by atoms with Crippen molar-refractivity contribution >= 4 is 50.6 Å². The molecule has 12 heteroatoms. The van der Waals surface area contributed by atoms with Gasteiger partial charge in [0.25, 0.3) is 5.91 Å². The van der Waals surface area contributed by atoms with Gasteiger partial charge in [-0.3, -0.25) is 4.79 Å². The van der Waals surface area contributed by atoms with E-state index < -0.39 is 47.5 Å². The molecule has 0 saturated carbocycles. The number of rotatable bonds is 6. The molecule has 4 aromatic rings. The van der Waals surface area contributed by atoms with E-state index >= 15 is 0 Å². The van der Waals surface area contributed by atoms with Crippen molar-refractivity contribution in [2.24, 2.45) is 0 Å². The Labute approximate surface area is 197 Å². The van der Waals surface area contributed by atoms with Gasteiger partial charge in [0.1, 0.15) is 17.2 Å². The number of carbonyl (C=O) groups excluding carboxylic acids is 2. The van der Waals surface area contributed by atoms with Crippen LogP contribution < -0.4 is 10.1 Å². The molecule has 2 heterocycles. The van der Waals surface area contributed by atoms with Crippen LogP contribution in [0.4, 0.5) is 23.2 Å². The first-order valence-electron chi connectivity index (χ1n) is 9.35. The number of furan rings is 1. The van der Waals surface area contributed by atoms with E-state index in [4.69, 9.17) is 25.5 Å². The highest BCUT2D eigenvalue weighted by atomic mass is 35.5. The fourth-order valence-corrected chi connectivity index (χ4v) is 4.42. The summed E-state index contributed by atoms with van der Waals surface area (Å²) in [5.74, 6) is -9.29. The monoisotopic (exact) mass is 513 g/mol. The minimum atomic E-state index is -1.69. The maximum absolute atomic E-state index is 13.7. The largest absolute Gasteiger partial charge is 0.479 e. The Morgan fingerprint density at radius 1 is 1.06 bits per heavy atom. The van der Waals surface area contributed by atoms with E-state index in [1.807, 2.05) is 0 Å². The first-order valence-corrected chi connectivity index (χ1v) is 10.5.